The highest BCUT2D eigenvalue weighted by molar-refractivity contribution is 5.58. The molecule has 1 saturated carbocycles. The monoisotopic (exact) mass is 285 g/mol. The molecule has 4 heteroatoms. The first-order valence-electron chi connectivity index (χ1n) is 7.70. The van der Waals surface area contributed by atoms with E-state index in [2.05, 4.69) is 39.8 Å². The van der Waals surface area contributed by atoms with Crippen molar-refractivity contribution in [3.8, 4) is 11.3 Å². The Kier molecular flexibility index (Phi) is 4.68. The number of H-pyrrole nitrogens is 1. The van der Waals surface area contributed by atoms with E-state index < -0.39 is 0 Å². The molecule has 112 valence electrons. The standard InChI is InChI=1S/C17H23N3O/c1-21-16-4-2-3-15(11-16)18-12-13-5-7-14(8-6-13)17-9-10-19-20-17/h5-10,15-16,18H,2-4,11-12H2,1H3,(H,19,20). The van der Waals surface area contributed by atoms with Gasteiger partial charge in [-0.2, -0.15) is 5.10 Å². The van der Waals surface area contributed by atoms with E-state index in [0.29, 0.717) is 12.1 Å². The van der Waals surface area contributed by atoms with E-state index >= 15 is 0 Å². The maximum Gasteiger partial charge on any atom is 0.0650 e. The zero-order chi connectivity index (χ0) is 14.5. The Morgan fingerprint density at radius 2 is 2.10 bits per heavy atom. The molecule has 0 aliphatic heterocycles. The lowest BCUT2D eigenvalue weighted by Gasteiger charge is -2.29. The van der Waals surface area contributed by atoms with Crippen molar-refractivity contribution in [2.75, 3.05) is 7.11 Å². The Bertz CT molecular complexity index is 536. The number of aromatic amines is 1. The number of hydrogen-bond acceptors (Lipinski definition) is 3. The van der Waals surface area contributed by atoms with Crippen LogP contribution in [0.1, 0.15) is 31.2 Å². The maximum atomic E-state index is 5.48. The quantitative estimate of drug-likeness (QED) is 0.887. The summed E-state index contributed by atoms with van der Waals surface area (Å²) in [6.45, 7) is 0.921. The second kappa shape index (κ2) is 6.87. The van der Waals surface area contributed by atoms with Crippen molar-refractivity contribution < 1.29 is 4.74 Å². The van der Waals surface area contributed by atoms with Gasteiger partial charge in [0.05, 0.1) is 11.8 Å². The minimum atomic E-state index is 0.430. The van der Waals surface area contributed by atoms with Gasteiger partial charge in [-0.05, 0) is 42.9 Å². The molecule has 1 heterocycles. The van der Waals surface area contributed by atoms with Gasteiger partial charge in [-0.25, -0.2) is 0 Å². The minimum Gasteiger partial charge on any atom is -0.381 e. The van der Waals surface area contributed by atoms with Crippen LogP contribution in [0.5, 0.6) is 0 Å². The van der Waals surface area contributed by atoms with Gasteiger partial charge in [0.2, 0.25) is 0 Å². The second-order valence-corrected chi connectivity index (χ2v) is 5.77. The van der Waals surface area contributed by atoms with Gasteiger partial charge in [0.25, 0.3) is 0 Å². The summed E-state index contributed by atoms with van der Waals surface area (Å²) in [4.78, 5) is 0. The summed E-state index contributed by atoms with van der Waals surface area (Å²) in [6.07, 6.45) is 7.05. The number of hydrogen-bond donors (Lipinski definition) is 2. The Hall–Kier alpha value is -1.65. The van der Waals surface area contributed by atoms with Gasteiger partial charge >= 0.3 is 0 Å². The van der Waals surface area contributed by atoms with Gasteiger partial charge in [0.1, 0.15) is 0 Å². The van der Waals surface area contributed by atoms with Gasteiger partial charge in [-0.3, -0.25) is 5.10 Å². The Balaban J connectivity index is 1.53. The van der Waals surface area contributed by atoms with Gasteiger partial charge in [-0.1, -0.05) is 24.3 Å². The van der Waals surface area contributed by atoms with Crippen LogP contribution in [0.15, 0.2) is 36.5 Å². The van der Waals surface area contributed by atoms with Crippen LogP contribution in [0.2, 0.25) is 0 Å². The normalized spacial score (nSPS) is 22.3. The van der Waals surface area contributed by atoms with Crippen LogP contribution in [-0.2, 0) is 11.3 Å². The lowest BCUT2D eigenvalue weighted by atomic mass is 9.92. The van der Waals surface area contributed by atoms with Crippen LogP contribution >= 0.6 is 0 Å². The molecule has 1 aromatic heterocycles. The van der Waals surface area contributed by atoms with E-state index in [0.717, 1.165) is 18.7 Å². The fraction of sp³-hybridized carbons (Fsp3) is 0.471. The van der Waals surface area contributed by atoms with Gasteiger partial charge < -0.3 is 10.1 Å². The summed E-state index contributed by atoms with van der Waals surface area (Å²) in [5.41, 5.74) is 3.55. The van der Waals surface area contributed by atoms with Crippen LogP contribution in [0.25, 0.3) is 11.3 Å². The van der Waals surface area contributed by atoms with E-state index in [1.165, 1.54) is 30.4 Å². The summed E-state index contributed by atoms with van der Waals surface area (Å²) >= 11 is 0. The average Bonchev–Trinajstić information content (AvgIpc) is 3.08. The molecule has 0 saturated heterocycles. The molecule has 2 atom stereocenters. The molecule has 21 heavy (non-hydrogen) atoms. The molecule has 4 nitrogen and oxygen atoms in total. The van der Waals surface area contributed by atoms with Crippen molar-refractivity contribution >= 4 is 0 Å². The number of methoxy groups -OCH3 is 1. The maximum absolute atomic E-state index is 5.48. The largest absolute Gasteiger partial charge is 0.381 e. The number of aromatic nitrogens is 2. The molecule has 0 amide bonds. The van der Waals surface area contributed by atoms with Crippen molar-refractivity contribution in [3.63, 3.8) is 0 Å². The highest BCUT2D eigenvalue weighted by Gasteiger charge is 2.20. The third kappa shape index (κ3) is 3.71. The Labute approximate surface area is 125 Å². The van der Waals surface area contributed by atoms with Gasteiger partial charge in [0.15, 0.2) is 0 Å². The summed E-state index contributed by atoms with van der Waals surface area (Å²) in [7, 11) is 1.82. The van der Waals surface area contributed by atoms with Gasteiger partial charge in [0, 0.05) is 25.9 Å². The zero-order valence-corrected chi connectivity index (χ0v) is 12.5. The molecule has 1 fully saturated rings. The molecule has 2 unspecified atom stereocenters. The van der Waals surface area contributed by atoms with Crippen molar-refractivity contribution in [2.24, 2.45) is 0 Å². The minimum absolute atomic E-state index is 0.430. The van der Waals surface area contributed by atoms with Crippen LogP contribution < -0.4 is 5.32 Å². The average molecular weight is 285 g/mol. The lowest BCUT2D eigenvalue weighted by molar-refractivity contribution is 0.0586. The molecule has 0 bridgehead atoms. The summed E-state index contributed by atoms with van der Waals surface area (Å²) < 4.78 is 5.48. The topological polar surface area (TPSA) is 49.9 Å². The first-order valence-corrected chi connectivity index (χ1v) is 7.70. The van der Waals surface area contributed by atoms with Crippen molar-refractivity contribution in [2.45, 2.75) is 44.4 Å². The smallest absolute Gasteiger partial charge is 0.0650 e. The molecular weight excluding hydrogens is 262 g/mol. The molecule has 2 aromatic rings. The molecule has 1 aliphatic rings. The van der Waals surface area contributed by atoms with Crippen molar-refractivity contribution in [1.29, 1.82) is 0 Å². The van der Waals surface area contributed by atoms with Crippen molar-refractivity contribution in [1.82, 2.24) is 15.5 Å². The predicted octanol–water partition coefficient (Wildman–Crippen LogP) is 3.12. The number of benzene rings is 1. The molecule has 0 spiro atoms. The van der Waals surface area contributed by atoms with Crippen LogP contribution in [-0.4, -0.2) is 29.5 Å². The van der Waals surface area contributed by atoms with Crippen LogP contribution in [0.3, 0.4) is 0 Å². The molecule has 3 rings (SSSR count). The van der Waals surface area contributed by atoms with Crippen molar-refractivity contribution in [3.05, 3.63) is 42.1 Å². The number of nitrogens with zero attached hydrogens (tertiary/aromatic N) is 1. The van der Waals surface area contributed by atoms with E-state index in [1.807, 2.05) is 13.2 Å². The third-order valence-electron chi connectivity index (χ3n) is 4.32. The molecule has 1 aromatic carbocycles. The Morgan fingerprint density at radius 3 is 2.81 bits per heavy atom. The van der Waals surface area contributed by atoms with Gasteiger partial charge in [-0.15, -0.1) is 0 Å². The SMILES string of the molecule is COC1CCCC(NCc2ccc(-c3ccn[nH]3)cc2)C1. The van der Waals surface area contributed by atoms with E-state index in [9.17, 15) is 0 Å². The molecule has 2 N–H and O–H groups in total. The number of rotatable bonds is 5. The second-order valence-electron chi connectivity index (χ2n) is 5.77. The molecule has 0 radical (unpaired) electrons. The summed E-state index contributed by atoms with van der Waals surface area (Å²) in [5.74, 6) is 0. The zero-order valence-electron chi connectivity index (χ0n) is 12.5. The summed E-state index contributed by atoms with van der Waals surface area (Å²) in [5, 5.41) is 10.6. The molecule has 1 aliphatic carbocycles. The van der Waals surface area contributed by atoms with E-state index in [-0.39, 0.29) is 0 Å². The summed E-state index contributed by atoms with van der Waals surface area (Å²) in [6, 6.07) is 11.2. The fourth-order valence-electron chi connectivity index (χ4n) is 3.03. The highest BCUT2D eigenvalue weighted by atomic mass is 16.5. The van der Waals surface area contributed by atoms with E-state index in [1.54, 1.807) is 6.20 Å². The fourth-order valence-corrected chi connectivity index (χ4v) is 3.03. The highest BCUT2D eigenvalue weighted by Crippen LogP contribution is 2.21. The van der Waals surface area contributed by atoms with Crippen LogP contribution in [0.4, 0.5) is 0 Å². The molecular formula is C17H23N3O. The lowest BCUT2D eigenvalue weighted by Crippen LogP contribution is -2.36. The first-order chi connectivity index (χ1) is 10.3. The first kappa shape index (κ1) is 14.3. The van der Waals surface area contributed by atoms with Crippen LogP contribution in [0, 0.1) is 0 Å². The van der Waals surface area contributed by atoms with E-state index in [4.69, 9.17) is 4.74 Å². The Morgan fingerprint density at radius 1 is 1.24 bits per heavy atom. The predicted molar refractivity (Wildman–Crippen MR) is 83.9 cm³/mol. The number of nitrogens with one attached hydrogen (secondary N) is 2. The third-order valence-corrected chi connectivity index (χ3v) is 4.32. The number of ether oxygens (including phenoxy) is 1.